The third kappa shape index (κ3) is 3.98. The fourth-order valence-electron chi connectivity index (χ4n) is 2.94. The van der Waals surface area contributed by atoms with Crippen molar-refractivity contribution < 1.29 is 13.2 Å². The summed E-state index contributed by atoms with van der Waals surface area (Å²) in [4.78, 5) is 2.42. The van der Waals surface area contributed by atoms with E-state index in [-0.39, 0.29) is 0 Å². The van der Waals surface area contributed by atoms with E-state index in [9.17, 15) is 13.2 Å². The minimum absolute atomic E-state index is 0.467. The minimum atomic E-state index is -4.24. The summed E-state index contributed by atoms with van der Waals surface area (Å²) in [5.41, 5.74) is 0.266. The summed E-state index contributed by atoms with van der Waals surface area (Å²) >= 11 is 0. The van der Waals surface area contributed by atoms with E-state index in [2.05, 4.69) is 18.7 Å². The van der Waals surface area contributed by atoms with Crippen molar-refractivity contribution in [2.45, 2.75) is 45.3 Å². The van der Waals surface area contributed by atoms with E-state index in [4.69, 9.17) is 0 Å². The van der Waals surface area contributed by atoms with Crippen molar-refractivity contribution in [1.29, 1.82) is 0 Å². The molecule has 1 aromatic rings. The van der Waals surface area contributed by atoms with Crippen LogP contribution in [0.2, 0.25) is 0 Å². The van der Waals surface area contributed by atoms with Crippen LogP contribution < -0.4 is 0 Å². The lowest BCUT2D eigenvalue weighted by Crippen LogP contribution is -2.40. The average Bonchev–Trinajstić information content (AvgIpc) is 2.38. The molecule has 1 aliphatic rings. The first kappa shape index (κ1) is 15.4. The average molecular weight is 285 g/mol. The van der Waals surface area contributed by atoms with Crippen LogP contribution in [0.5, 0.6) is 0 Å². The Bertz CT molecular complexity index is 440. The third-order valence-electron chi connectivity index (χ3n) is 4.06. The Morgan fingerprint density at radius 3 is 2.70 bits per heavy atom. The number of likely N-dealkylation sites (tertiary alicyclic amines) is 1. The first-order valence-corrected chi connectivity index (χ1v) is 7.26. The Hall–Kier alpha value is -1.03. The Balaban J connectivity index is 2.03. The zero-order valence-corrected chi connectivity index (χ0v) is 12.1. The second-order valence-corrected chi connectivity index (χ2v) is 6.00. The molecule has 1 nitrogen and oxygen atoms in total. The number of benzene rings is 1. The maximum absolute atomic E-state index is 12.7. The van der Waals surface area contributed by atoms with Crippen LogP contribution in [0.25, 0.3) is 0 Å². The summed E-state index contributed by atoms with van der Waals surface area (Å²) in [5, 5.41) is 0. The number of halogens is 3. The molecule has 1 unspecified atom stereocenters. The van der Waals surface area contributed by atoms with Gasteiger partial charge in [0.1, 0.15) is 0 Å². The highest BCUT2D eigenvalue weighted by Crippen LogP contribution is 2.30. The van der Waals surface area contributed by atoms with E-state index < -0.39 is 11.7 Å². The van der Waals surface area contributed by atoms with Crippen LogP contribution in [-0.2, 0) is 12.6 Å². The van der Waals surface area contributed by atoms with Gasteiger partial charge in [0.25, 0.3) is 0 Å². The summed E-state index contributed by atoms with van der Waals surface area (Å²) in [6, 6.07) is 6.28. The first-order chi connectivity index (χ1) is 9.36. The van der Waals surface area contributed by atoms with Crippen molar-refractivity contribution in [3.63, 3.8) is 0 Å². The third-order valence-corrected chi connectivity index (χ3v) is 4.06. The molecule has 2 rings (SSSR count). The first-order valence-electron chi connectivity index (χ1n) is 7.26. The molecule has 0 spiro atoms. The van der Waals surface area contributed by atoms with E-state index in [1.165, 1.54) is 12.1 Å². The zero-order chi connectivity index (χ0) is 14.8. The molecule has 1 heterocycles. The van der Waals surface area contributed by atoms with E-state index >= 15 is 0 Å². The molecule has 0 radical (unpaired) electrons. The molecule has 0 bridgehead atoms. The molecule has 4 heteroatoms. The predicted molar refractivity (Wildman–Crippen MR) is 74.6 cm³/mol. The number of rotatable bonds is 3. The Kier molecular flexibility index (Phi) is 4.74. The summed E-state index contributed by atoms with van der Waals surface area (Å²) < 4.78 is 38.1. The van der Waals surface area contributed by atoms with Crippen molar-refractivity contribution in [2.24, 2.45) is 5.92 Å². The lowest BCUT2D eigenvalue weighted by molar-refractivity contribution is -0.137. The molecule has 0 aliphatic carbocycles. The van der Waals surface area contributed by atoms with Crippen molar-refractivity contribution in [1.82, 2.24) is 4.90 Å². The zero-order valence-electron chi connectivity index (χ0n) is 12.1. The molecule has 0 amide bonds. The SMILES string of the molecule is CC(C)N1CCCC(Cc2cccc(C(F)(F)F)c2)C1. The Morgan fingerprint density at radius 2 is 2.05 bits per heavy atom. The van der Waals surface area contributed by atoms with Gasteiger partial charge in [0, 0.05) is 12.6 Å². The summed E-state index contributed by atoms with van der Waals surface area (Å²) in [6.45, 7) is 6.45. The molecule has 0 saturated carbocycles. The van der Waals surface area contributed by atoms with Crippen LogP contribution in [0.3, 0.4) is 0 Å². The number of nitrogens with zero attached hydrogens (tertiary/aromatic N) is 1. The number of hydrogen-bond donors (Lipinski definition) is 0. The maximum atomic E-state index is 12.7. The normalized spacial score (nSPS) is 21.4. The van der Waals surface area contributed by atoms with E-state index in [0.717, 1.165) is 44.0 Å². The van der Waals surface area contributed by atoms with Crippen LogP contribution in [0.4, 0.5) is 13.2 Å². The molecule has 20 heavy (non-hydrogen) atoms. The van der Waals surface area contributed by atoms with Gasteiger partial charge in [0.15, 0.2) is 0 Å². The summed E-state index contributed by atoms with van der Waals surface area (Å²) in [7, 11) is 0. The van der Waals surface area contributed by atoms with Gasteiger partial charge in [0.05, 0.1) is 5.56 Å². The van der Waals surface area contributed by atoms with Gasteiger partial charge in [-0.25, -0.2) is 0 Å². The van der Waals surface area contributed by atoms with Crippen LogP contribution >= 0.6 is 0 Å². The Morgan fingerprint density at radius 1 is 1.30 bits per heavy atom. The molecule has 0 aromatic heterocycles. The van der Waals surface area contributed by atoms with Crippen molar-refractivity contribution in [3.05, 3.63) is 35.4 Å². The molecule has 1 saturated heterocycles. The molecule has 0 N–H and O–H groups in total. The number of piperidine rings is 1. The quantitative estimate of drug-likeness (QED) is 0.797. The molecule has 1 fully saturated rings. The standard InChI is InChI=1S/C16H22F3N/c1-12(2)20-8-4-6-14(11-20)9-13-5-3-7-15(10-13)16(17,18)19/h3,5,7,10,12,14H,4,6,8-9,11H2,1-2H3. The maximum Gasteiger partial charge on any atom is 0.416 e. The smallest absolute Gasteiger partial charge is 0.301 e. The highest BCUT2D eigenvalue weighted by Gasteiger charge is 2.30. The van der Waals surface area contributed by atoms with Gasteiger partial charge >= 0.3 is 6.18 Å². The second-order valence-electron chi connectivity index (χ2n) is 6.00. The molecule has 1 atom stereocenters. The largest absolute Gasteiger partial charge is 0.416 e. The fourth-order valence-corrected chi connectivity index (χ4v) is 2.94. The number of hydrogen-bond acceptors (Lipinski definition) is 1. The van der Waals surface area contributed by atoms with Gasteiger partial charge in [-0.05, 0) is 57.2 Å². The summed E-state index contributed by atoms with van der Waals surface area (Å²) in [5.74, 6) is 0.467. The predicted octanol–water partition coefficient (Wildman–Crippen LogP) is 4.37. The van der Waals surface area contributed by atoms with Crippen molar-refractivity contribution >= 4 is 0 Å². The topological polar surface area (TPSA) is 3.24 Å². The lowest BCUT2D eigenvalue weighted by Gasteiger charge is -2.35. The minimum Gasteiger partial charge on any atom is -0.301 e. The molecular formula is C16H22F3N. The van der Waals surface area contributed by atoms with E-state index in [1.807, 2.05) is 6.07 Å². The monoisotopic (exact) mass is 285 g/mol. The van der Waals surface area contributed by atoms with Gasteiger partial charge in [-0.15, -0.1) is 0 Å². The second kappa shape index (κ2) is 6.17. The van der Waals surface area contributed by atoms with Gasteiger partial charge in [0.2, 0.25) is 0 Å². The van der Waals surface area contributed by atoms with Crippen LogP contribution in [0, 0.1) is 5.92 Å². The van der Waals surface area contributed by atoms with Gasteiger partial charge in [-0.2, -0.15) is 13.2 Å². The highest BCUT2D eigenvalue weighted by molar-refractivity contribution is 5.26. The van der Waals surface area contributed by atoms with Crippen molar-refractivity contribution in [2.75, 3.05) is 13.1 Å². The van der Waals surface area contributed by atoms with Gasteiger partial charge in [-0.1, -0.05) is 18.2 Å². The number of alkyl halides is 3. The van der Waals surface area contributed by atoms with Gasteiger partial charge in [-0.3, -0.25) is 0 Å². The fraction of sp³-hybridized carbons (Fsp3) is 0.625. The van der Waals surface area contributed by atoms with Gasteiger partial charge < -0.3 is 4.90 Å². The van der Waals surface area contributed by atoms with Crippen molar-refractivity contribution in [3.8, 4) is 0 Å². The Labute approximate surface area is 118 Å². The molecule has 1 aliphatic heterocycles. The molecule has 1 aromatic carbocycles. The van der Waals surface area contributed by atoms with E-state index in [0.29, 0.717) is 12.0 Å². The van der Waals surface area contributed by atoms with Crippen LogP contribution in [0.15, 0.2) is 24.3 Å². The highest BCUT2D eigenvalue weighted by atomic mass is 19.4. The van der Waals surface area contributed by atoms with E-state index in [1.54, 1.807) is 0 Å². The summed E-state index contributed by atoms with van der Waals surface area (Å²) in [6.07, 6.45) is -1.25. The van der Waals surface area contributed by atoms with Crippen LogP contribution in [-0.4, -0.2) is 24.0 Å². The lowest BCUT2D eigenvalue weighted by atomic mass is 9.90. The molecule has 112 valence electrons. The van der Waals surface area contributed by atoms with Crippen LogP contribution in [0.1, 0.15) is 37.8 Å². The molecular weight excluding hydrogens is 263 g/mol.